The van der Waals surface area contributed by atoms with Gasteiger partial charge in [0.05, 0.1) is 19.3 Å². The minimum atomic E-state index is -0.265. The molecule has 0 radical (unpaired) electrons. The van der Waals surface area contributed by atoms with Gasteiger partial charge in [0, 0.05) is 25.7 Å². The second-order valence-corrected chi connectivity index (χ2v) is 6.46. The molecule has 0 aliphatic carbocycles. The van der Waals surface area contributed by atoms with E-state index in [1.807, 2.05) is 32.0 Å². The number of rotatable bonds is 5. The standard InChI is InChI=1S/C18H27N3O2/c1-13(2)23-18-10-15(6-7-17(18)22-5)16(11-19)21-9-8-20(4)12-14(21)3/h6-7,10,13-14,16H,8-9,12H2,1-5H3. The molecule has 0 saturated carbocycles. The number of likely N-dealkylation sites (N-methyl/N-ethyl adjacent to an activating group) is 1. The van der Waals surface area contributed by atoms with Crippen LogP contribution in [0, 0.1) is 11.3 Å². The van der Waals surface area contributed by atoms with Crippen LogP contribution in [0.4, 0.5) is 0 Å². The van der Waals surface area contributed by atoms with Crippen LogP contribution in [0.1, 0.15) is 32.4 Å². The van der Waals surface area contributed by atoms with Crippen molar-refractivity contribution in [3.8, 4) is 17.6 Å². The molecule has 0 aromatic heterocycles. The van der Waals surface area contributed by atoms with E-state index in [0.717, 1.165) is 25.2 Å². The van der Waals surface area contributed by atoms with Crippen LogP contribution in [0.25, 0.3) is 0 Å². The van der Waals surface area contributed by atoms with Crippen molar-refractivity contribution in [3.05, 3.63) is 23.8 Å². The Morgan fingerprint density at radius 2 is 2.00 bits per heavy atom. The summed E-state index contributed by atoms with van der Waals surface area (Å²) in [6.07, 6.45) is 0.0576. The van der Waals surface area contributed by atoms with Crippen molar-refractivity contribution in [2.75, 3.05) is 33.8 Å². The summed E-state index contributed by atoms with van der Waals surface area (Å²) in [6, 6.07) is 8.33. The molecule has 126 valence electrons. The number of nitrogens with zero attached hydrogens (tertiary/aromatic N) is 3. The number of ether oxygens (including phenoxy) is 2. The Hall–Kier alpha value is -1.77. The van der Waals surface area contributed by atoms with E-state index in [9.17, 15) is 5.26 Å². The van der Waals surface area contributed by atoms with Gasteiger partial charge in [-0.2, -0.15) is 5.26 Å². The summed E-state index contributed by atoms with van der Waals surface area (Å²) < 4.78 is 11.2. The molecule has 0 N–H and O–H groups in total. The molecule has 23 heavy (non-hydrogen) atoms. The van der Waals surface area contributed by atoms with Crippen LogP contribution in [0.2, 0.25) is 0 Å². The van der Waals surface area contributed by atoms with E-state index in [2.05, 4.69) is 29.8 Å². The van der Waals surface area contributed by atoms with Crippen molar-refractivity contribution in [3.63, 3.8) is 0 Å². The second-order valence-electron chi connectivity index (χ2n) is 6.46. The van der Waals surface area contributed by atoms with Crippen LogP contribution in [-0.2, 0) is 0 Å². The van der Waals surface area contributed by atoms with Gasteiger partial charge < -0.3 is 14.4 Å². The maximum absolute atomic E-state index is 9.74. The Labute approximate surface area is 139 Å². The summed E-state index contributed by atoms with van der Waals surface area (Å²) in [5.41, 5.74) is 0.959. The third-order valence-corrected chi connectivity index (χ3v) is 4.20. The summed E-state index contributed by atoms with van der Waals surface area (Å²) in [4.78, 5) is 4.57. The van der Waals surface area contributed by atoms with Crippen molar-refractivity contribution >= 4 is 0 Å². The molecule has 2 atom stereocenters. The lowest BCUT2D eigenvalue weighted by atomic mass is 10.0. The van der Waals surface area contributed by atoms with Crippen LogP contribution < -0.4 is 9.47 Å². The lowest BCUT2D eigenvalue weighted by molar-refractivity contribution is 0.0795. The molecule has 2 rings (SSSR count). The highest BCUT2D eigenvalue weighted by atomic mass is 16.5. The van der Waals surface area contributed by atoms with Crippen molar-refractivity contribution in [1.82, 2.24) is 9.80 Å². The topological polar surface area (TPSA) is 48.7 Å². The zero-order valence-electron chi connectivity index (χ0n) is 14.7. The average molecular weight is 317 g/mol. The highest BCUT2D eigenvalue weighted by Gasteiger charge is 2.29. The summed E-state index contributed by atoms with van der Waals surface area (Å²) >= 11 is 0. The molecule has 1 aromatic rings. The predicted octanol–water partition coefficient (Wildman–Crippen LogP) is 2.68. The van der Waals surface area contributed by atoms with E-state index in [1.54, 1.807) is 7.11 Å². The number of hydrogen-bond acceptors (Lipinski definition) is 5. The molecular formula is C18H27N3O2. The zero-order valence-corrected chi connectivity index (χ0v) is 14.7. The van der Waals surface area contributed by atoms with Gasteiger partial charge in [0.15, 0.2) is 11.5 Å². The van der Waals surface area contributed by atoms with Gasteiger partial charge in [-0.15, -0.1) is 0 Å². The minimum absolute atomic E-state index is 0.0576. The maximum Gasteiger partial charge on any atom is 0.161 e. The molecule has 0 bridgehead atoms. The first-order valence-electron chi connectivity index (χ1n) is 8.14. The summed E-state index contributed by atoms with van der Waals surface area (Å²) in [6.45, 7) is 8.99. The summed E-state index contributed by atoms with van der Waals surface area (Å²) in [7, 11) is 3.75. The first-order valence-corrected chi connectivity index (χ1v) is 8.14. The van der Waals surface area contributed by atoms with Crippen molar-refractivity contribution in [2.24, 2.45) is 0 Å². The lowest BCUT2D eigenvalue weighted by Crippen LogP contribution is -2.51. The predicted molar refractivity (Wildman–Crippen MR) is 90.8 cm³/mol. The fourth-order valence-electron chi connectivity index (χ4n) is 3.09. The smallest absolute Gasteiger partial charge is 0.161 e. The van der Waals surface area contributed by atoms with Crippen LogP contribution in [-0.4, -0.2) is 55.7 Å². The summed E-state index contributed by atoms with van der Waals surface area (Å²) in [5, 5.41) is 9.74. The SMILES string of the molecule is COc1ccc(C(C#N)N2CCN(C)CC2C)cc1OC(C)C. The summed E-state index contributed by atoms with van der Waals surface area (Å²) in [5.74, 6) is 1.40. The van der Waals surface area contributed by atoms with E-state index in [1.165, 1.54) is 0 Å². The highest BCUT2D eigenvalue weighted by Crippen LogP contribution is 2.33. The Morgan fingerprint density at radius 1 is 1.26 bits per heavy atom. The average Bonchev–Trinajstić information content (AvgIpc) is 2.50. The molecular weight excluding hydrogens is 290 g/mol. The Morgan fingerprint density at radius 3 is 2.57 bits per heavy atom. The number of piperazine rings is 1. The van der Waals surface area contributed by atoms with Gasteiger partial charge >= 0.3 is 0 Å². The van der Waals surface area contributed by atoms with Crippen LogP contribution >= 0.6 is 0 Å². The molecule has 1 aliphatic heterocycles. The van der Waals surface area contributed by atoms with Crippen molar-refractivity contribution in [1.29, 1.82) is 5.26 Å². The minimum Gasteiger partial charge on any atom is -0.493 e. The fraction of sp³-hybridized carbons (Fsp3) is 0.611. The highest BCUT2D eigenvalue weighted by molar-refractivity contribution is 5.45. The van der Waals surface area contributed by atoms with Gasteiger partial charge in [0.1, 0.15) is 6.04 Å². The quantitative estimate of drug-likeness (QED) is 0.835. The molecule has 1 aliphatic rings. The van der Waals surface area contributed by atoms with Gasteiger partial charge in [-0.3, -0.25) is 4.90 Å². The lowest BCUT2D eigenvalue weighted by Gasteiger charge is -2.40. The van der Waals surface area contributed by atoms with Crippen LogP contribution in [0.5, 0.6) is 11.5 Å². The van der Waals surface area contributed by atoms with Gasteiger partial charge in [0.25, 0.3) is 0 Å². The fourth-order valence-corrected chi connectivity index (χ4v) is 3.09. The molecule has 0 spiro atoms. The number of benzene rings is 1. The molecule has 1 heterocycles. The maximum atomic E-state index is 9.74. The van der Waals surface area contributed by atoms with Gasteiger partial charge in [0.2, 0.25) is 0 Å². The van der Waals surface area contributed by atoms with E-state index >= 15 is 0 Å². The molecule has 1 aromatic carbocycles. The Kier molecular flexibility index (Phi) is 5.86. The molecule has 2 unspecified atom stereocenters. The van der Waals surface area contributed by atoms with Crippen molar-refractivity contribution < 1.29 is 9.47 Å². The first kappa shape index (κ1) is 17.6. The van der Waals surface area contributed by atoms with E-state index in [-0.39, 0.29) is 12.1 Å². The van der Waals surface area contributed by atoms with Crippen molar-refractivity contribution in [2.45, 2.75) is 39.0 Å². The molecule has 5 heteroatoms. The monoisotopic (exact) mass is 317 g/mol. The third-order valence-electron chi connectivity index (χ3n) is 4.20. The van der Waals surface area contributed by atoms with Crippen LogP contribution in [0.15, 0.2) is 18.2 Å². The Balaban J connectivity index is 2.29. The van der Waals surface area contributed by atoms with E-state index in [4.69, 9.17) is 9.47 Å². The third kappa shape index (κ3) is 4.15. The van der Waals surface area contributed by atoms with Crippen LogP contribution in [0.3, 0.4) is 0 Å². The largest absolute Gasteiger partial charge is 0.493 e. The van der Waals surface area contributed by atoms with Gasteiger partial charge in [-0.1, -0.05) is 6.07 Å². The van der Waals surface area contributed by atoms with E-state index in [0.29, 0.717) is 17.5 Å². The van der Waals surface area contributed by atoms with Gasteiger partial charge in [-0.25, -0.2) is 0 Å². The number of nitriles is 1. The molecule has 5 nitrogen and oxygen atoms in total. The van der Waals surface area contributed by atoms with Gasteiger partial charge in [-0.05, 0) is 45.5 Å². The first-order chi connectivity index (χ1) is 11.0. The van der Waals surface area contributed by atoms with E-state index < -0.39 is 0 Å². The molecule has 1 fully saturated rings. The second kappa shape index (κ2) is 7.67. The number of hydrogen-bond donors (Lipinski definition) is 0. The molecule has 0 amide bonds. The Bertz CT molecular complexity index is 568. The normalized spacial score (nSPS) is 21.0. The number of methoxy groups -OCH3 is 1. The zero-order chi connectivity index (χ0) is 17.0. The molecule has 1 saturated heterocycles.